The van der Waals surface area contributed by atoms with Gasteiger partial charge >= 0.3 is 0 Å². The van der Waals surface area contributed by atoms with Crippen LogP contribution in [0.2, 0.25) is 0 Å². The lowest BCUT2D eigenvalue weighted by atomic mass is 10.1. The SMILES string of the molecule is Nc1cccc(-c2csc(Nc3cccc4ccccc34)n2)c1. The Kier molecular flexibility index (Phi) is 3.44. The van der Waals surface area contributed by atoms with Crippen LogP contribution in [0.5, 0.6) is 0 Å². The van der Waals surface area contributed by atoms with Crippen LogP contribution >= 0.6 is 11.3 Å². The van der Waals surface area contributed by atoms with Gasteiger partial charge in [-0.1, -0.05) is 48.5 Å². The fourth-order valence-corrected chi connectivity index (χ4v) is 3.34. The Hall–Kier alpha value is -2.85. The molecule has 0 unspecified atom stereocenters. The summed E-state index contributed by atoms with van der Waals surface area (Å²) in [5, 5.41) is 8.75. The van der Waals surface area contributed by atoms with E-state index in [9.17, 15) is 0 Å². The van der Waals surface area contributed by atoms with Crippen LogP contribution in [0, 0.1) is 0 Å². The Bertz CT molecular complexity index is 970. The molecule has 0 saturated heterocycles. The number of nitrogens with two attached hydrogens (primary N) is 1. The summed E-state index contributed by atoms with van der Waals surface area (Å²) in [6.07, 6.45) is 0. The van der Waals surface area contributed by atoms with Crippen molar-refractivity contribution in [3.63, 3.8) is 0 Å². The maximum Gasteiger partial charge on any atom is 0.187 e. The van der Waals surface area contributed by atoms with Crippen LogP contribution in [-0.4, -0.2) is 4.98 Å². The average molecular weight is 317 g/mol. The molecule has 0 amide bonds. The minimum atomic E-state index is 0.749. The van der Waals surface area contributed by atoms with E-state index in [2.05, 4.69) is 40.6 Å². The average Bonchev–Trinajstić information content (AvgIpc) is 3.04. The first-order chi connectivity index (χ1) is 11.3. The number of aromatic nitrogens is 1. The number of thiazole rings is 1. The van der Waals surface area contributed by atoms with Gasteiger partial charge < -0.3 is 11.1 Å². The van der Waals surface area contributed by atoms with Crippen molar-refractivity contribution in [1.82, 2.24) is 4.98 Å². The van der Waals surface area contributed by atoms with Gasteiger partial charge in [-0.3, -0.25) is 0 Å². The summed E-state index contributed by atoms with van der Waals surface area (Å²) in [5.74, 6) is 0. The zero-order chi connectivity index (χ0) is 15.6. The molecule has 23 heavy (non-hydrogen) atoms. The number of rotatable bonds is 3. The molecule has 0 aliphatic heterocycles. The predicted molar refractivity (Wildman–Crippen MR) is 99.2 cm³/mol. The van der Waals surface area contributed by atoms with Crippen molar-refractivity contribution in [3.05, 3.63) is 72.1 Å². The highest BCUT2D eigenvalue weighted by Gasteiger charge is 2.07. The number of fused-ring (bicyclic) bond motifs is 1. The number of anilines is 3. The highest BCUT2D eigenvalue weighted by Crippen LogP contribution is 2.30. The van der Waals surface area contributed by atoms with Crippen LogP contribution < -0.4 is 11.1 Å². The molecule has 0 aliphatic rings. The van der Waals surface area contributed by atoms with Crippen molar-refractivity contribution in [3.8, 4) is 11.3 Å². The minimum absolute atomic E-state index is 0.749. The zero-order valence-corrected chi connectivity index (χ0v) is 13.2. The molecule has 0 radical (unpaired) electrons. The highest BCUT2D eigenvalue weighted by atomic mass is 32.1. The topological polar surface area (TPSA) is 50.9 Å². The van der Waals surface area contributed by atoms with Gasteiger partial charge in [-0.15, -0.1) is 11.3 Å². The molecule has 3 aromatic carbocycles. The summed E-state index contributed by atoms with van der Waals surface area (Å²) in [7, 11) is 0. The fraction of sp³-hybridized carbons (Fsp3) is 0. The smallest absolute Gasteiger partial charge is 0.187 e. The third-order valence-corrected chi connectivity index (χ3v) is 4.48. The monoisotopic (exact) mass is 317 g/mol. The summed E-state index contributed by atoms with van der Waals surface area (Å²) in [5.41, 5.74) is 9.63. The quantitative estimate of drug-likeness (QED) is 0.505. The molecule has 4 heteroatoms. The van der Waals surface area contributed by atoms with Gasteiger partial charge in [0.2, 0.25) is 0 Å². The number of hydrogen-bond donors (Lipinski definition) is 2. The number of nitrogens with one attached hydrogen (secondary N) is 1. The van der Waals surface area contributed by atoms with Gasteiger partial charge in [0.05, 0.1) is 5.69 Å². The molecule has 0 saturated carbocycles. The van der Waals surface area contributed by atoms with Gasteiger partial charge in [0.15, 0.2) is 5.13 Å². The van der Waals surface area contributed by atoms with Crippen LogP contribution in [0.1, 0.15) is 0 Å². The van der Waals surface area contributed by atoms with Gasteiger partial charge in [-0.05, 0) is 23.6 Å². The molecular formula is C19H15N3S. The molecule has 1 aromatic heterocycles. The summed E-state index contributed by atoms with van der Waals surface area (Å²) >= 11 is 1.59. The maximum atomic E-state index is 5.85. The van der Waals surface area contributed by atoms with E-state index >= 15 is 0 Å². The second-order valence-corrected chi connectivity index (χ2v) is 6.17. The molecule has 3 nitrogen and oxygen atoms in total. The number of nitrogen functional groups attached to an aromatic ring is 1. The van der Waals surface area contributed by atoms with E-state index in [1.54, 1.807) is 11.3 Å². The summed E-state index contributed by atoms with van der Waals surface area (Å²) < 4.78 is 0. The van der Waals surface area contributed by atoms with Crippen molar-refractivity contribution < 1.29 is 0 Å². The molecule has 112 valence electrons. The second-order valence-electron chi connectivity index (χ2n) is 5.32. The molecule has 0 aliphatic carbocycles. The van der Waals surface area contributed by atoms with Crippen LogP contribution in [-0.2, 0) is 0 Å². The first kappa shape index (κ1) is 13.8. The van der Waals surface area contributed by atoms with Crippen molar-refractivity contribution in [1.29, 1.82) is 0 Å². The van der Waals surface area contributed by atoms with Gasteiger partial charge in [0.25, 0.3) is 0 Å². The molecule has 3 N–H and O–H groups in total. The molecule has 0 fully saturated rings. The Balaban J connectivity index is 1.67. The normalized spacial score (nSPS) is 10.8. The first-order valence-corrected chi connectivity index (χ1v) is 8.24. The minimum Gasteiger partial charge on any atom is -0.399 e. The molecule has 1 heterocycles. The van der Waals surface area contributed by atoms with Gasteiger partial charge in [-0.2, -0.15) is 0 Å². The summed E-state index contributed by atoms with van der Waals surface area (Å²) in [6.45, 7) is 0. The molecule has 0 spiro atoms. The fourth-order valence-electron chi connectivity index (χ4n) is 2.61. The maximum absolute atomic E-state index is 5.85. The Morgan fingerprint density at radius 1 is 0.913 bits per heavy atom. The second kappa shape index (κ2) is 5.74. The van der Waals surface area contributed by atoms with Crippen LogP contribution in [0.25, 0.3) is 22.0 Å². The van der Waals surface area contributed by atoms with E-state index in [1.165, 1.54) is 10.8 Å². The standard InChI is InChI=1S/C19H15N3S/c20-15-8-3-7-14(11-15)18-12-23-19(22-18)21-17-10-4-6-13-5-1-2-9-16(13)17/h1-12H,20H2,(H,21,22). The van der Waals surface area contributed by atoms with Crippen molar-refractivity contribution >= 4 is 38.6 Å². The van der Waals surface area contributed by atoms with E-state index in [0.717, 1.165) is 27.8 Å². The summed E-state index contributed by atoms with van der Waals surface area (Å²) in [6, 6.07) is 22.4. The van der Waals surface area contributed by atoms with Crippen molar-refractivity contribution in [2.24, 2.45) is 0 Å². The third-order valence-electron chi connectivity index (χ3n) is 3.72. The lowest BCUT2D eigenvalue weighted by Crippen LogP contribution is -1.91. The van der Waals surface area contributed by atoms with E-state index in [1.807, 2.05) is 41.8 Å². The molecular weight excluding hydrogens is 302 g/mol. The lowest BCUT2D eigenvalue weighted by Gasteiger charge is -2.07. The van der Waals surface area contributed by atoms with Gasteiger partial charge in [0.1, 0.15) is 0 Å². The van der Waals surface area contributed by atoms with E-state index in [0.29, 0.717) is 0 Å². The number of benzene rings is 3. The van der Waals surface area contributed by atoms with Crippen molar-refractivity contribution in [2.75, 3.05) is 11.1 Å². The van der Waals surface area contributed by atoms with Crippen LogP contribution in [0.3, 0.4) is 0 Å². The van der Waals surface area contributed by atoms with Gasteiger partial charge in [-0.25, -0.2) is 4.98 Å². The first-order valence-electron chi connectivity index (χ1n) is 7.36. The number of hydrogen-bond acceptors (Lipinski definition) is 4. The molecule has 0 bridgehead atoms. The van der Waals surface area contributed by atoms with E-state index < -0.39 is 0 Å². The Morgan fingerprint density at radius 2 is 1.74 bits per heavy atom. The molecule has 4 aromatic rings. The van der Waals surface area contributed by atoms with Crippen LogP contribution in [0.15, 0.2) is 72.1 Å². The third kappa shape index (κ3) is 2.76. The predicted octanol–water partition coefficient (Wildman–Crippen LogP) is 5.29. The zero-order valence-electron chi connectivity index (χ0n) is 12.4. The van der Waals surface area contributed by atoms with E-state index in [-0.39, 0.29) is 0 Å². The molecule has 4 rings (SSSR count). The van der Waals surface area contributed by atoms with Gasteiger partial charge in [0, 0.05) is 27.7 Å². The largest absolute Gasteiger partial charge is 0.399 e. The molecule has 0 atom stereocenters. The number of nitrogens with zero attached hydrogens (tertiary/aromatic N) is 1. The Morgan fingerprint density at radius 3 is 2.65 bits per heavy atom. The van der Waals surface area contributed by atoms with E-state index in [4.69, 9.17) is 5.73 Å². The lowest BCUT2D eigenvalue weighted by molar-refractivity contribution is 1.39. The Labute approximate surface area is 138 Å². The highest BCUT2D eigenvalue weighted by molar-refractivity contribution is 7.14. The summed E-state index contributed by atoms with van der Waals surface area (Å²) in [4.78, 5) is 4.68. The van der Waals surface area contributed by atoms with Crippen molar-refractivity contribution in [2.45, 2.75) is 0 Å². The van der Waals surface area contributed by atoms with Crippen LogP contribution in [0.4, 0.5) is 16.5 Å².